The van der Waals surface area contributed by atoms with Crippen LogP contribution in [0.15, 0.2) is 30.3 Å². The molecule has 2 amide bonds. The minimum atomic E-state index is -0.565. The molecule has 2 heterocycles. The number of amides is 2. The zero-order valence-corrected chi connectivity index (χ0v) is 15.8. The van der Waals surface area contributed by atoms with Gasteiger partial charge in [0.1, 0.15) is 0 Å². The van der Waals surface area contributed by atoms with E-state index >= 15 is 0 Å². The van der Waals surface area contributed by atoms with E-state index in [-0.39, 0.29) is 24.3 Å². The van der Waals surface area contributed by atoms with E-state index in [1.807, 2.05) is 23.1 Å². The molecule has 1 aromatic rings. The van der Waals surface area contributed by atoms with E-state index in [1.165, 1.54) is 5.56 Å². The van der Waals surface area contributed by atoms with Crippen molar-refractivity contribution >= 4 is 11.8 Å². The first-order valence-corrected chi connectivity index (χ1v) is 9.78. The molecular weight excluding hydrogens is 344 g/mol. The van der Waals surface area contributed by atoms with Gasteiger partial charge in [-0.3, -0.25) is 14.5 Å². The lowest BCUT2D eigenvalue weighted by Gasteiger charge is -2.35. The Hall–Kier alpha value is -1.96. The van der Waals surface area contributed by atoms with Crippen molar-refractivity contribution in [1.82, 2.24) is 15.1 Å². The van der Waals surface area contributed by atoms with Gasteiger partial charge in [-0.1, -0.05) is 30.3 Å². The Kier molecular flexibility index (Phi) is 7.20. The third kappa shape index (κ3) is 5.76. The molecule has 3 N–H and O–H groups in total. The van der Waals surface area contributed by atoms with Crippen LogP contribution in [0.2, 0.25) is 0 Å². The number of nitrogens with two attached hydrogens (primary N) is 1. The molecule has 7 nitrogen and oxygen atoms in total. The van der Waals surface area contributed by atoms with E-state index in [9.17, 15) is 9.59 Å². The summed E-state index contributed by atoms with van der Waals surface area (Å²) < 4.78 is 5.30. The number of nitrogens with zero attached hydrogens (tertiary/aromatic N) is 2. The van der Waals surface area contributed by atoms with E-state index < -0.39 is 6.04 Å². The van der Waals surface area contributed by atoms with Crippen LogP contribution in [0.5, 0.6) is 0 Å². The molecular formula is C20H30N4O3. The molecule has 2 fully saturated rings. The number of rotatable bonds is 6. The molecule has 0 radical (unpaired) electrons. The highest BCUT2D eigenvalue weighted by Crippen LogP contribution is 2.17. The van der Waals surface area contributed by atoms with Crippen LogP contribution in [0, 0.1) is 5.92 Å². The van der Waals surface area contributed by atoms with Crippen LogP contribution in [-0.4, -0.2) is 73.6 Å². The molecule has 0 spiro atoms. The second-order valence-corrected chi connectivity index (χ2v) is 7.34. The Morgan fingerprint density at radius 2 is 1.78 bits per heavy atom. The van der Waals surface area contributed by atoms with Gasteiger partial charge >= 0.3 is 0 Å². The second kappa shape index (κ2) is 9.82. The second-order valence-electron chi connectivity index (χ2n) is 7.34. The SMILES string of the molecule is NC(C(=O)NCC(=O)N1CCN(Cc2ccccc2)CC1)C1CCOCC1. The van der Waals surface area contributed by atoms with Crippen molar-refractivity contribution in [3.63, 3.8) is 0 Å². The molecule has 2 saturated heterocycles. The standard InChI is InChI=1S/C20H30N4O3/c21-19(17-6-12-27-13-7-17)20(26)22-14-18(25)24-10-8-23(9-11-24)15-16-4-2-1-3-5-16/h1-5,17,19H,6-15,21H2,(H,22,26). The zero-order chi connectivity index (χ0) is 19.1. The van der Waals surface area contributed by atoms with E-state index in [4.69, 9.17) is 10.5 Å². The summed E-state index contributed by atoms with van der Waals surface area (Å²) in [5.74, 6) is -0.143. The third-order valence-electron chi connectivity index (χ3n) is 5.46. The normalized spacial score (nSPS) is 20.3. The van der Waals surface area contributed by atoms with Gasteiger partial charge in [-0.15, -0.1) is 0 Å². The van der Waals surface area contributed by atoms with E-state index in [1.54, 1.807) is 0 Å². The quantitative estimate of drug-likeness (QED) is 0.743. The lowest BCUT2D eigenvalue weighted by molar-refractivity contribution is -0.135. The van der Waals surface area contributed by atoms with Gasteiger partial charge < -0.3 is 20.7 Å². The topological polar surface area (TPSA) is 87.9 Å². The highest BCUT2D eigenvalue weighted by Gasteiger charge is 2.27. The van der Waals surface area contributed by atoms with Crippen LogP contribution in [0.25, 0.3) is 0 Å². The van der Waals surface area contributed by atoms with Gasteiger partial charge in [0.2, 0.25) is 11.8 Å². The summed E-state index contributed by atoms with van der Waals surface area (Å²) in [5.41, 5.74) is 7.33. The van der Waals surface area contributed by atoms with Crippen LogP contribution >= 0.6 is 0 Å². The molecule has 7 heteroatoms. The summed E-state index contributed by atoms with van der Waals surface area (Å²) in [7, 11) is 0. The molecule has 148 valence electrons. The first-order chi connectivity index (χ1) is 13.1. The average Bonchev–Trinajstić information content (AvgIpc) is 2.73. The van der Waals surface area contributed by atoms with Gasteiger partial charge in [0.25, 0.3) is 0 Å². The average molecular weight is 374 g/mol. The highest BCUT2D eigenvalue weighted by atomic mass is 16.5. The van der Waals surface area contributed by atoms with E-state index in [0.717, 1.165) is 32.5 Å². The highest BCUT2D eigenvalue weighted by molar-refractivity contribution is 5.87. The fourth-order valence-corrected chi connectivity index (χ4v) is 3.68. The van der Waals surface area contributed by atoms with Crippen LogP contribution in [-0.2, 0) is 20.9 Å². The van der Waals surface area contributed by atoms with Gasteiger partial charge in [-0.05, 0) is 24.3 Å². The smallest absolute Gasteiger partial charge is 0.242 e. The number of carbonyl (C=O) groups excluding carboxylic acids is 2. The monoisotopic (exact) mass is 374 g/mol. The van der Waals surface area contributed by atoms with Crippen molar-refractivity contribution in [1.29, 1.82) is 0 Å². The van der Waals surface area contributed by atoms with E-state index in [2.05, 4.69) is 22.3 Å². The lowest BCUT2D eigenvalue weighted by atomic mass is 9.92. The maximum Gasteiger partial charge on any atom is 0.242 e. The van der Waals surface area contributed by atoms with Crippen molar-refractivity contribution in [3.8, 4) is 0 Å². The van der Waals surface area contributed by atoms with Crippen molar-refractivity contribution in [2.45, 2.75) is 25.4 Å². The molecule has 1 unspecified atom stereocenters. The zero-order valence-electron chi connectivity index (χ0n) is 15.8. The number of nitrogens with one attached hydrogen (secondary N) is 1. The lowest BCUT2D eigenvalue weighted by Crippen LogP contribution is -2.53. The van der Waals surface area contributed by atoms with Crippen molar-refractivity contribution in [2.75, 3.05) is 45.9 Å². The fraction of sp³-hybridized carbons (Fsp3) is 0.600. The summed E-state index contributed by atoms with van der Waals surface area (Å²) in [6, 6.07) is 9.78. The molecule has 1 aromatic carbocycles. The van der Waals surface area contributed by atoms with Gasteiger partial charge in [-0.25, -0.2) is 0 Å². The number of benzene rings is 1. The van der Waals surface area contributed by atoms with Crippen LogP contribution in [0.1, 0.15) is 18.4 Å². The summed E-state index contributed by atoms with van der Waals surface area (Å²) in [5, 5.41) is 2.72. The minimum absolute atomic E-state index is 0.0223. The molecule has 2 aliphatic rings. The molecule has 0 aromatic heterocycles. The summed E-state index contributed by atoms with van der Waals surface area (Å²) in [6.45, 7) is 5.29. The maximum atomic E-state index is 12.4. The van der Waals surface area contributed by atoms with Gasteiger partial charge in [0, 0.05) is 45.9 Å². The number of hydrogen-bond acceptors (Lipinski definition) is 5. The Morgan fingerprint density at radius 1 is 1.11 bits per heavy atom. The third-order valence-corrected chi connectivity index (χ3v) is 5.46. The van der Waals surface area contributed by atoms with Crippen molar-refractivity contribution < 1.29 is 14.3 Å². The molecule has 0 saturated carbocycles. The van der Waals surface area contributed by atoms with Gasteiger partial charge in [0.15, 0.2) is 0 Å². The predicted octanol–water partition coefficient (Wildman–Crippen LogP) is 0.201. The molecule has 0 aliphatic carbocycles. The predicted molar refractivity (Wildman–Crippen MR) is 103 cm³/mol. The fourth-order valence-electron chi connectivity index (χ4n) is 3.68. The molecule has 3 rings (SSSR count). The number of ether oxygens (including phenoxy) is 1. The van der Waals surface area contributed by atoms with Gasteiger partial charge in [0.05, 0.1) is 12.6 Å². The number of hydrogen-bond donors (Lipinski definition) is 2. The minimum Gasteiger partial charge on any atom is -0.381 e. The Balaban J connectivity index is 1.37. The first kappa shape index (κ1) is 19.8. The summed E-state index contributed by atoms with van der Waals surface area (Å²) in [4.78, 5) is 28.8. The Bertz CT molecular complexity index is 611. The van der Waals surface area contributed by atoms with Crippen LogP contribution in [0.3, 0.4) is 0 Å². The first-order valence-electron chi connectivity index (χ1n) is 9.78. The molecule has 1 atom stereocenters. The van der Waals surface area contributed by atoms with Crippen LogP contribution in [0.4, 0.5) is 0 Å². The molecule has 2 aliphatic heterocycles. The van der Waals surface area contributed by atoms with Crippen LogP contribution < -0.4 is 11.1 Å². The Labute approximate surface area is 160 Å². The van der Waals surface area contributed by atoms with Gasteiger partial charge in [-0.2, -0.15) is 0 Å². The summed E-state index contributed by atoms with van der Waals surface area (Å²) in [6.07, 6.45) is 1.60. The number of piperazine rings is 1. The number of carbonyl (C=O) groups is 2. The van der Waals surface area contributed by atoms with Crippen molar-refractivity contribution in [3.05, 3.63) is 35.9 Å². The molecule has 0 bridgehead atoms. The maximum absolute atomic E-state index is 12.4. The Morgan fingerprint density at radius 3 is 2.44 bits per heavy atom. The van der Waals surface area contributed by atoms with E-state index in [0.29, 0.717) is 26.3 Å². The summed E-state index contributed by atoms with van der Waals surface area (Å²) >= 11 is 0. The largest absolute Gasteiger partial charge is 0.381 e. The molecule has 27 heavy (non-hydrogen) atoms. The van der Waals surface area contributed by atoms with Crippen molar-refractivity contribution in [2.24, 2.45) is 11.7 Å².